The Morgan fingerprint density at radius 3 is 2.62 bits per heavy atom. The molecule has 3 nitrogen and oxygen atoms in total. The van der Waals surface area contributed by atoms with Gasteiger partial charge in [0.15, 0.2) is 0 Å². The zero-order valence-corrected chi connectivity index (χ0v) is 13.4. The molecule has 1 aromatic carbocycles. The van der Waals surface area contributed by atoms with E-state index in [2.05, 4.69) is 29.3 Å². The Bertz CT molecular complexity index is 501. The summed E-state index contributed by atoms with van der Waals surface area (Å²) in [6.07, 6.45) is -0.471. The molecule has 2 atom stereocenters. The van der Waals surface area contributed by atoms with Gasteiger partial charge in [0.25, 0.3) is 0 Å². The minimum atomic E-state index is -0.471. The Kier molecular flexibility index (Phi) is 6.39. The molecule has 0 spiro atoms. The molecule has 1 aromatic heterocycles. The van der Waals surface area contributed by atoms with Gasteiger partial charge in [-0.25, -0.2) is 0 Å². The smallest absolute Gasteiger partial charge is 0.0900 e. The fourth-order valence-corrected chi connectivity index (χ4v) is 3.02. The van der Waals surface area contributed by atoms with E-state index in [1.165, 1.54) is 4.88 Å². The number of nitrogens with zero attached hydrogens (tertiary/aromatic N) is 1. The highest BCUT2D eigenvalue weighted by molar-refractivity contribution is 7.10. The SMILES string of the molecule is CC(c1cccs1)N(C)CC(O)COCc1ccccc1. The van der Waals surface area contributed by atoms with Crippen molar-refractivity contribution in [2.45, 2.75) is 25.7 Å². The average Bonchev–Trinajstić information content (AvgIpc) is 3.01. The second-order valence-electron chi connectivity index (χ2n) is 5.29. The maximum absolute atomic E-state index is 10.1. The van der Waals surface area contributed by atoms with Crippen LogP contribution >= 0.6 is 11.3 Å². The molecule has 0 amide bonds. The van der Waals surface area contributed by atoms with E-state index in [1.807, 2.05) is 37.4 Å². The van der Waals surface area contributed by atoms with E-state index in [0.717, 1.165) is 5.56 Å². The van der Waals surface area contributed by atoms with E-state index < -0.39 is 6.10 Å². The van der Waals surface area contributed by atoms with E-state index >= 15 is 0 Å². The molecule has 21 heavy (non-hydrogen) atoms. The number of likely N-dealkylation sites (N-methyl/N-ethyl adjacent to an activating group) is 1. The van der Waals surface area contributed by atoms with Crippen molar-refractivity contribution < 1.29 is 9.84 Å². The predicted molar refractivity (Wildman–Crippen MR) is 87.5 cm³/mol. The Labute approximate surface area is 130 Å². The van der Waals surface area contributed by atoms with Crippen molar-refractivity contribution in [3.8, 4) is 0 Å². The fourth-order valence-electron chi connectivity index (χ4n) is 2.18. The molecule has 0 fully saturated rings. The van der Waals surface area contributed by atoms with Crippen molar-refractivity contribution in [2.75, 3.05) is 20.2 Å². The maximum Gasteiger partial charge on any atom is 0.0900 e. The first-order valence-electron chi connectivity index (χ1n) is 7.20. The summed E-state index contributed by atoms with van der Waals surface area (Å²) in [5.74, 6) is 0. The van der Waals surface area contributed by atoms with Crippen LogP contribution in [0.2, 0.25) is 0 Å². The molecule has 2 rings (SSSR count). The van der Waals surface area contributed by atoms with Crippen LogP contribution in [0.15, 0.2) is 47.8 Å². The Balaban J connectivity index is 1.70. The van der Waals surface area contributed by atoms with Gasteiger partial charge in [0, 0.05) is 17.5 Å². The van der Waals surface area contributed by atoms with Gasteiger partial charge in [-0.05, 0) is 31.0 Å². The third-order valence-corrected chi connectivity index (χ3v) is 4.58. The zero-order valence-electron chi connectivity index (χ0n) is 12.6. The van der Waals surface area contributed by atoms with Crippen LogP contribution in [0.25, 0.3) is 0 Å². The van der Waals surface area contributed by atoms with Crippen LogP contribution in [0.1, 0.15) is 23.4 Å². The predicted octanol–water partition coefficient (Wildman–Crippen LogP) is 3.32. The summed E-state index contributed by atoms with van der Waals surface area (Å²) in [5.41, 5.74) is 1.13. The number of aliphatic hydroxyl groups is 1. The van der Waals surface area contributed by atoms with Crippen molar-refractivity contribution >= 4 is 11.3 Å². The molecule has 1 N–H and O–H groups in total. The van der Waals surface area contributed by atoms with Crippen molar-refractivity contribution in [3.05, 3.63) is 58.3 Å². The standard InChI is InChI=1S/C17H23NO2S/c1-14(17-9-6-10-21-17)18(2)11-16(19)13-20-12-15-7-4-3-5-8-15/h3-10,14,16,19H,11-13H2,1-2H3. The van der Waals surface area contributed by atoms with E-state index in [9.17, 15) is 5.11 Å². The largest absolute Gasteiger partial charge is 0.389 e. The van der Waals surface area contributed by atoms with Crippen LogP contribution in [0, 0.1) is 0 Å². The van der Waals surface area contributed by atoms with Crippen molar-refractivity contribution in [1.29, 1.82) is 0 Å². The lowest BCUT2D eigenvalue weighted by atomic mass is 10.2. The Hall–Kier alpha value is -1.20. The minimum Gasteiger partial charge on any atom is -0.389 e. The molecular weight excluding hydrogens is 282 g/mol. The molecule has 2 unspecified atom stereocenters. The van der Waals surface area contributed by atoms with Gasteiger partial charge >= 0.3 is 0 Å². The summed E-state index contributed by atoms with van der Waals surface area (Å²) < 4.78 is 5.58. The minimum absolute atomic E-state index is 0.314. The number of aliphatic hydroxyl groups excluding tert-OH is 1. The normalized spacial score (nSPS) is 14.3. The molecule has 0 aliphatic carbocycles. The molecule has 0 bridgehead atoms. The number of ether oxygens (including phenoxy) is 1. The van der Waals surface area contributed by atoms with Crippen LogP contribution in [0.3, 0.4) is 0 Å². The lowest BCUT2D eigenvalue weighted by Crippen LogP contribution is -2.33. The van der Waals surface area contributed by atoms with Crippen molar-refractivity contribution in [3.63, 3.8) is 0 Å². The van der Waals surface area contributed by atoms with Gasteiger partial charge in [0.1, 0.15) is 0 Å². The lowest BCUT2D eigenvalue weighted by Gasteiger charge is -2.26. The van der Waals surface area contributed by atoms with Gasteiger partial charge in [-0.1, -0.05) is 36.4 Å². The monoisotopic (exact) mass is 305 g/mol. The molecule has 114 valence electrons. The molecule has 0 saturated heterocycles. The molecular formula is C17H23NO2S. The van der Waals surface area contributed by atoms with Gasteiger partial charge < -0.3 is 9.84 Å². The third kappa shape index (κ3) is 5.25. The highest BCUT2D eigenvalue weighted by Crippen LogP contribution is 2.23. The lowest BCUT2D eigenvalue weighted by molar-refractivity contribution is 0.00874. The van der Waals surface area contributed by atoms with E-state index in [4.69, 9.17) is 4.74 Å². The van der Waals surface area contributed by atoms with Gasteiger partial charge in [-0.15, -0.1) is 11.3 Å². The highest BCUT2D eigenvalue weighted by atomic mass is 32.1. The van der Waals surface area contributed by atoms with E-state index in [0.29, 0.717) is 25.8 Å². The topological polar surface area (TPSA) is 32.7 Å². The van der Waals surface area contributed by atoms with Crippen LogP contribution in [-0.4, -0.2) is 36.3 Å². The van der Waals surface area contributed by atoms with E-state index in [1.54, 1.807) is 11.3 Å². The Morgan fingerprint density at radius 2 is 1.95 bits per heavy atom. The molecule has 2 aromatic rings. The number of hydrogen-bond acceptors (Lipinski definition) is 4. The fraction of sp³-hybridized carbons (Fsp3) is 0.412. The van der Waals surface area contributed by atoms with Gasteiger partial charge in [0.2, 0.25) is 0 Å². The number of benzene rings is 1. The van der Waals surface area contributed by atoms with Crippen LogP contribution in [0.4, 0.5) is 0 Å². The summed E-state index contributed by atoms with van der Waals surface area (Å²) in [7, 11) is 2.03. The second kappa shape index (κ2) is 8.29. The summed E-state index contributed by atoms with van der Waals surface area (Å²) in [4.78, 5) is 3.47. The quantitative estimate of drug-likeness (QED) is 0.812. The van der Waals surface area contributed by atoms with Crippen LogP contribution in [0.5, 0.6) is 0 Å². The van der Waals surface area contributed by atoms with Crippen LogP contribution in [-0.2, 0) is 11.3 Å². The molecule has 4 heteroatoms. The number of thiophene rings is 1. The highest BCUT2D eigenvalue weighted by Gasteiger charge is 2.16. The molecule has 0 aliphatic rings. The molecule has 0 radical (unpaired) electrons. The number of hydrogen-bond donors (Lipinski definition) is 1. The summed E-state index contributed by atoms with van der Waals surface area (Å²) in [5, 5.41) is 12.2. The van der Waals surface area contributed by atoms with Gasteiger partial charge in [-0.2, -0.15) is 0 Å². The second-order valence-corrected chi connectivity index (χ2v) is 6.26. The summed E-state index contributed by atoms with van der Waals surface area (Å²) >= 11 is 1.75. The first-order valence-corrected chi connectivity index (χ1v) is 8.08. The third-order valence-electron chi connectivity index (χ3n) is 3.54. The van der Waals surface area contributed by atoms with Crippen LogP contribution < -0.4 is 0 Å². The molecule has 1 heterocycles. The van der Waals surface area contributed by atoms with Gasteiger partial charge in [0.05, 0.1) is 19.3 Å². The first kappa shape index (κ1) is 16.2. The zero-order chi connectivity index (χ0) is 15.1. The summed E-state index contributed by atoms with van der Waals surface area (Å²) in [6.45, 7) is 3.66. The molecule has 0 aliphatic heterocycles. The van der Waals surface area contributed by atoms with Crippen molar-refractivity contribution in [2.24, 2.45) is 0 Å². The van der Waals surface area contributed by atoms with Gasteiger partial charge in [-0.3, -0.25) is 4.90 Å². The number of rotatable bonds is 8. The maximum atomic E-state index is 10.1. The Morgan fingerprint density at radius 1 is 1.19 bits per heavy atom. The summed E-state index contributed by atoms with van der Waals surface area (Å²) in [6, 6.07) is 14.5. The first-order chi connectivity index (χ1) is 10.2. The average molecular weight is 305 g/mol. The van der Waals surface area contributed by atoms with Crippen molar-refractivity contribution in [1.82, 2.24) is 4.90 Å². The van der Waals surface area contributed by atoms with E-state index in [-0.39, 0.29) is 0 Å². The molecule has 0 saturated carbocycles.